The van der Waals surface area contributed by atoms with Gasteiger partial charge >= 0.3 is 0 Å². The van der Waals surface area contributed by atoms with E-state index >= 15 is 0 Å². The smallest absolute Gasteiger partial charge is 0.205 e. The number of nitrogens with zero attached hydrogens (tertiary/aromatic N) is 2. The Kier molecular flexibility index (Phi) is 5.48. The van der Waals surface area contributed by atoms with Crippen LogP contribution < -0.4 is 5.73 Å². The summed E-state index contributed by atoms with van der Waals surface area (Å²) in [6.07, 6.45) is 2.20. The van der Waals surface area contributed by atoms with E-state index in [-0.39, 0.29) is 11.8 Å². The van der Waals surface area contributed by atoms with Gasteiger partial charge in [0.1, 0.15) is 17.4 Å². The number of likely N-dealkylation sites (N-methyl/N-ethyl adjacent to an activating group) is 1. The van der Waals surface area contributed by atoms with Gasteiger partial charge in [0, 0.05) is 18.7 Å². The minimum Gasteiger partial charge on any atom is -0.440 e. The predicted molar refractivity (Wildman–Crippen MR) is 120 cm³/mol. The van der Waals surface area contributed by atoms with Gasteiger partial charge in [-0.25, -0.2) is 0 Å². The van der Waals surface area contributed by atoms with E-state index < -0.39 is 0 Å². The van der Waals surface area contributed by atoms with Crippen LogP contribution in [0.15, 0.2) is 76.9 Å². The van der Waals surface area contributed by atoms with Crippen molar-refractivity contribution >= 4 is 6.08 Å². The third kappa shape index (κ3) is 3.53. The Morgan fingerprint density at radius 1 is 1.10 bits per heavy atom. The highest BCUT2D eigenvalue weighted by atomic mass is 16.5. The minimum atomic E-state index is -0.186. The van der Waals surface area contributed by atoms with Gasteiger partial charge in [-0.2, -0.15) is 5.26 Å². The average molecular weight is 398 g/mol. The molecule has 4 rings (SSSR count). The summed E-state index contributed by atoms with van der Waals surface area (Å²) in [7, 11) is 0. The van der Waals surface area contributed by atoms with Crippen LogP contribution >= 0.6 is 0 Å². The summed E-state index contributed by atoms with van der Waals surface area (Å²) in [6, 6.07) is 18.9. The Bertz CT molecular complexity index is 1120. The quantitative estimate of drug-likeness (QED) is 0.809. The lowest BCUT2D eigenvalue weighted by atomic mass is 9.78. The lowest BCUT2D eigenvalue weighted by molar-refractivity contribution is 0.239. The molecule has 0 aliphatic carbocycles. The van der Waals surface area contributed by atoms with Crippen molar-refractivity contribution in [3.63, 3.8) is 0 Å². The van der Waals surface area contributed by atoms with Gasteiger partial charge in [0.25, 0.3) is 0 Å². The van der Waals surface area contributed by atoms with Crippen molar-refractivity contribution in [2.24, 2.45) is 5.73 Å². The molecule has 4 heteroatoms. The number of nitrogens with two attached hydrogens (primary N) is 1. The highest BCUT2D eigenvalue weighted by molar-refractivity contribution is 5.65. The van der Waals surface area contributed by atoms with Crippen molar-refractivity contribution in [2.75, 3.05) is 19.6 Å². The molecular weight excluding hydrogens is 370 g/mol. The van der Waals surface area contributed by atoms with Gasteiger partial charge in [-0.3, -0.25) is 4.90 Å². The summed E-state index contributed by atoms with van der Waals surface area (Å²) in [5, 5.41) is 9.92. The van der Waals surface area contributed by atoms with Crippen LogP contribution in [0.25, 0.3) is 6.08 Å². The molecule has 2 heterocycles. The fourth-order valence-corrected chi connectivity index (χ4v) is 4.37. The predicted octanol–water partition coefficient (Wildman–Crippen LogP) is 4.78. The largest absolute Gasteiger partial charge is 0.440 e. The van der Waals surface area contributed by atoms with Crippen LogP contribution in [-0.2, 0) is 4.74 Å². The third-order valence-corrected chi connectivity index (χ3v) is 6.07. The number of hydrogen-bond acceptors (Lipinski definition) is 4. The molecule has 0 aromatic heterocycles. The topological polar surface area (TPSA) is 62.3 Å². The maximum Gasteiger partial charge on any atom is 0.205 e. The molecule has 2 N–H and O–H groups in total. The van der Waals surface area contributed by atoms with Crippen molar-refractivity contribution in [3.05, 3.63) is 99.1 Å². The minimum absolute atomic E-state index is 0.186. The first-order chi connectivity index (χ1) is 14.5. The third-order valence-electron chi connectivity index (χ3n) is 6.07. The Balaban J connectivity index is 1.92. The van der Waals surface area contributed by atoms with E-state index in [1.165, 1.54) is 11.1 Å². The summed E-state index contributed by atoms with van der Waals surface area (Å²) < 4.78 is 6.12. The summed E-state index contributed by atoms with van der Waals surface area (Å²) in [5.74, 6) is 0.854. The van der Waals surface area contributed by atoms with E-state index in [0.717, 1.165) is 47.7 Å². The number of ether oxygens (including phenoxy) is 1. The van der Waals surface area contributed by atoms with E-state index in [0.29, 0.717) is 5.57 Å². The van der Waals surface area contributed by atoms with Gasteiger partial charge < -0.3 is 10.5 Å². The Labute approximate surface area is 178 Å². The molecule has 0 bridgehead atoms. The molecule has 0 unspecified atom stereocenters. The molecule has 152 valence electrons. The molecule has 30 heavy (non-hydrogen) atoms. The second kappa shape index (κ2) is 8.22. The standard InChI is InChI=1S/C26H27N3O/c1-4-29-15-20(13-19-11-7-5-9-17(19)2)25-23(16-29)24(22(14-27)26(28)30-25)21-12-8-6-10-18(21)3/h5-13,24H,4,15-16,28H2,1-3H3/t24-/m1/s1. The van der Waals surface area contributed by atoms with Crippen LogP contribution in [-0.4, -0.2) is 24.5 Å². The summed E-state index contributed by atoms with van der Waals surface area (Å²) in [4.78, 5) is 2.38. The summed E-state index contributed by atoms with van der Waals surface area (Å²) in [6.45, 7) is 8.83. The first kappa shape index (κ1) is 20.0. The summed E-state index contributed by atoms with van der Waals surface area (Å²) in [5.41, 5.74) is 13.6. The Morgan fingerprint density at radius 2 is 1.80 bits per heavy atom. The van der Waals surface area contributed by atoms with Crippen molar-refractivity contribution in [2.45, 2.75) is 26.7 Å². The molecule has 0 radical (unpaired) electrons. The average Bonchev–Trinajstić information content (AvgIpc) is 2.75. The van der Waals surface area contributed by atoms with Gasteiger partial charge in [-0.05, 0) is 54.3 Å². The number of aryl methyl sites for hydroxylation is 2. The number of nitriles is 1. The van der Waals surface area contributed by atoms with Crippen LogP contribution in [0.2, 0.25) is 0 Å². The van der Waals surface area contributed by atoms with E-state index in [1.54, 1.807) is 0 Å². The van der Waals surface area contributed by atoms with Gasteiger partial charge in [-0.15, -0.1) is 0 Å². The highest BCUT2D eigenvalue weighted by Gasteiger charge is 2.37. The summed E-state index contributed by atoms with van der Waals surface area (Å²) >= 11 is 0. The van der Waals surface area contributed by atoms with E-state index in [1.807, 2.05) is 18.2 Å². The lowest BCUT2D eigenvalue weighted by Gasteiger charge is -2.38. The van der Waals surface area contributed by atoms with Crippen LogP contribution in [0.3, 0.4) is 0 Å². The molecule has 0 amide bonds. The van der Waals surface area contributed by atoms with Crippen molar-refractivity contribution in [3.8, 4) is 6.07 Å². The van der Waals surface area contributed by atoms with Gasteiger partial charge in [0.15, 0.2) is 0 Å². The van der Waals surface area contributed by atoms with E-state index in [9.17, 15) is 5.26 Å². The maximum absolute atomic E-state index is 9.92. The molecule has 1 atom stereocenters. The molecule has 0 saturated heterocycles. The van der Waals surface area contributed by atoms with Crippen LogP contribution in [0.4, 0.5) is 0 Å². The number of benzene rings is 2. The number of rotatable bonds is 3. The molecular formula is C26H27N3O. The van der Waals surface area contributed by atoms with Crippen molar-refractivity contribution in [1.82, 2.24) is 4.90 Å². The molecule has 2 aromatic rings. The number of allylic oxidation sites excluding steroid dienone is 1. The molecule has 2 aromatic carbocycles. The number of hydrogen-bond donors (Lipinski definition) is 1. The zero-order chi connectivity index (χ0) is 21.3. The molecule has 0 saturated carbocycles. The van der Waals surface area contributed by atoms with Gasteiger partial charge in [0.2, 0.25) is 5.88 Å². The second-order valence-corrected chi connectivity index (χ2v) is 7.97. The zero-order valence-electron chi connectivity index (χ0n) is 17.8. The first-order valence-corrected chi connectivity index (χ1v) is 10.4. The molecule has 4 nitrogen and oxygen atoms in total. The second-order valence-electron chi connectivity index (χ2n) is 7.97. The molecule has 2 aliphatic rings. The van der Waals surface area contributed by atoms with Crippen molar-refractivity contribution < 1.29 is 4.74 Å². The molecule has 0 spiro atoms. The van der Waals surface area contributed by atoms with Crippen LogP contribution in [0.5, 0.6) is 0 Å². The monoisotopic (exact) mass is 397 g/mol. The molecule has 2 aliphatic heterocycles. The first-order valence-electron chi connectivity index (χ1n) is 10.4. The lowest BCUT2D eigenvalue weighted by Crippen LogP contribution is -2.38. The SMILES string of the molecule is CCN1CC(=Cc2ccccc2C)C2=C(C1)[C@H](c1ccccc1C)C(C#N)=C(N)O2. The Hall–Kier alpha value is -3.29. The van der Waals surface area contributed by atoms with E-state index in [2.05, 4.69) is 68.1 Å². The van der Waals surface area contributed by atoms with Crippen LogP contribution in [0.1, 0.15) is 35.1 Å². The fraction of sp³-hybridized carbons (Fsp3) is 0.269. The highest BCUT2D eigenvalue weighted by Crippen LogP contribution is 2.44. The Morgan fingerprint density at radius 3 is 2.47 bits per heavy atom. The van der Waals surface area contributed by atoms with Crippen molar-refractivity contribution in [1.29, 1.82) is 5.26 Å². The van der Waals surface area contributed by atoms with Crippen LogP contribution in [0, 0.1) is 25.2 Å². The fourth-order valence-electron chi connectivity index (χ4n) is 4.37. The normalized spacial score (nSPS) is 20.7. The molecule has 0 fully saturated rings. The maximum atomic E-state index is 9.92. The zero-order valence-corrected chi connectivity index (χ0v) is 17.8. The van der Waals surface area contributed by atoms with E-state index in [4.69, 9.17) is 10.5 Å². The van der Waals surface area contributed by atoms with Gasteiger partial charge in [0.05, 0.1) is 5.92 Å². The van der Waals surface area contributed by atoms with Gasteiger partial charge in [-0.1, -0.05) is 55.5 Å².